The molecule has 0 unspecified atom stereocenters. The minimum absolute atomic E-state index is 0.312. The third kappa shape index (κ3) is 13.5. The van der Waals surface area contributed by atoms with Crippen LogP contribution in [0.25, 0.3) is 0 Å². The first-order valence-corrected chi connectivity index (χ1v) is 12.5. The molecule has 180 valence electrons. The van der Waals surface area contributed by atoms with E-state index in [4.69, 9.17) is 9.47 Å². The summed E-state index contributed by atoms with van der Waals surface area (Å²) in [7, 11) is 0. The van der Waals surface area contributed by atoms with Crippen LogP contribution in [0.15, 0.2) is 0 Å². The Labute approximate surface area is 188 Å². The summed E-state index contributed by atoms with van der Waals surface area (Å²) in [6.07, 6.45) is 11.9. The first-order valence-electron chi connectivity index (χ1n) is 12.5. The maximum Gasteiger partial charge on any atom is 0.407 e. The Bertz CT molecular complexity index is 480. The van der Waals surface area contributed by atoms with E-state index < -0.39 is 0 Å². The largest absolute Gasteiger partial charge is 0.450 e. The third-order valence-corrected chi connectivity index (χ3v) is 6.03. The molecule has 2 heterocycles. The number of nitrogens with zero attached hydrogens (tertiary/aromatic N) is 2. The maximum absolute atomic E-state index is 11.7. The minimum atomic E-state index is -0.318. The fraction of sp³-hybridized carbons (Fsp3) is 0.913. The summed E-state index contributed by atoms with van der Waals surface area (Å²) in [5, 5.41) is 5.62. The van der Waals surface area contributed by atoms with Crippen LogP contribution in [0.4, 0.5) is 9.59 Å². The lowest BCUT2D eigenvalue weighted by Gasteiger charge is -2.26. The van der Waals surface area contributed by atoms with Gasteiger partial charge in [0, 0.05) is 26.2 Å². The zero-order valence-electron chi connectivity index (χ0n) is 19.4. The molecular formula is C23H44N4O4. The molecule has 31 heavy (non-hydrogen) atoms. The molecule has 2 fully saturated rings. The number of carbonyl (C=O) groups is 2. The van der Waals surface area contributed by atoms with E-state index in [2.05, 4.69) is 20.4 Å². The molecular weight excluding hydrogens is 396 g/mol. The van der Waals surface area contributed by atoms with Crippen molar-refractivity contribution in [2.45, 2.75) is 70.6 Å². The molecule has 2 aliphatic heterocycles. The molecule has 2 saturated heterocycles. The molecule has 0 bridgehead atoms. The fourth-order valence-corrected chi connectivity index (χ4v) is 4.17. The lowest BCUT2D eigenvalue weighted by molar-refractivity contribution is 0.120. The van der Waals surface area contributed by atoms with Crippen LogP contribution >= 0.6 is 0 Å². The molecule has 0 atom stereocenters. The molecule has 2 aliphatic rings. The Hall–Kier alpha value is -1.54. The van der Waals surface area contributed by atoms with E-state index in [-0.39, 0.29) is 12.2 Å². The molecule has 0 aliphatic carbocycles. The minimum Gasteiger partial charge on any atom is -0.450 e. The Balaban J connectivity index is 1.29. The summed E-state index contributed by atoms with van der Waals surface area (Å²) in [5.41, 5.74) is 0. The van der Waals surface area contributed by atoms with Gasteiger partial charge in [0.05, 0.1) is 6.61 Å². The Morgan fingerprint density at radius 1 is 0.581 bits per heavy atom. The average Bonchev–Trinajstić information content (AvgIpc) is 2.80. The van der Waals surface area contributed by atoms with Gasteiger partial charge in [0.1, 0.15) is 6.61 Å². The van der Waals surface area contributed by atoms with Crippen molar-refractivity contribution < 1.29 is 19.1 Å². The first kappa shape index (κ1) is 25.7. The van der Waals surface area contributed by atoms with E-state index in [1.165, 1.54) is 51.6 Å². The van der Waals surface area contributed by atoms with E-state index in [0.29, 0.717) is 26.3 Å². The summed E-state index contributed by atoms with van der Waals surface area (Å²) in [4.78, 5) is 28.2. The predicted octanol–water partition coefficient (Wildman–Crippen LogP) is 3.36. The van der Waals surface area contributed by atoms with Crippen molar-refractivity contribution in [2.75, 3.05) is 65.6 Å². The van der Waals surface area contributed by atoms with Gasteiger partial charge in [-0.15, -0.1) is 0 Å². The highest BCUT2D eigenvalue weighted by Crippen LogP contribution is 2.09. The summed E-state index contributed by atoms with van der Waals surface area (Å²) >= 11 is 0. The second-order valence-corrected chi connectivity index (χ2v) is 8.70. The van der Waals surface area contributed by atoms with Crippen molar-refractivity contribution in [3.8, 4) is 0 Å². The SMILES string of the molecule is O=C(NCCCCCCNC(=O)OCCN1CCCCC1)OCCCN1CCCCC1. The number of alkyl carbamates (subject to hydrolysis) is 2. The number of hydrogen-bond acceptors (Lipinski definition) is 6. The van der Waals surface area contributed by atoms with Gasteiger partial charge in [0.15, 0.2) is 0 Å². The lowest BCUT2D eigenvalue weighted by Crippen LogP contribution is -2.34. The third-order valence-electron chi connectivity index (χ3n) is 6.03. The van der Waals surface area contributed by atoms with Crippen molar-refractivity contribution >= 4 is 12.2 Å². The molecule has 0 saturated carbocycles. The zero-order valence-corrected chi connectivity index (χ0v) is 19.4. The van der Waals surface area contributed by atoms with Crippen molar-refractivity contribution in [1.82, 2.24) is 20.4 Å². The predicted molar refractivity (Wildman–Crippen MR) is 122 cm³/mol. The van der Waals surface area contributed by atoms with Gasteiger partial charge in [-0.1, -0.05) is 25.7 Å². The number of carbonyl (C=O) groups excluding carboxylic acids is 2. The van der Waals surface area contributed by atoms with E-state index >= 15 is 0 Å². The Morgan fingerprint density at radius 3 is 1.61 bits per heavy atom. The summed E-state index contributed by atoms with van der Waals surface area (Å²) < 4.78 is 10.5. The molecule has 2 rings (SSSR count). The molecule has 8 heteroatoms. The molecule has 2 amide bonds. The van der Waals surface area contributed by atoms with Gasteiger partial charge >= 0.3 is 12.2 Å². The van der Waals surface area contributed by atoms with E-state index in [0.717, 1.165) is 58.3 Å². The highest BCUT2D eigenvalue weighted by atomic mass is 16.6. The van der Waals surface area contributed by atoms with Crippen molar-refractivity contribution in [1.29, 1.82) is 0 Å². The van der Waals surface area contributed by atoms with Crippen LogP contribution in [0.2, 0.25) is 0 Å². The number of rotatable bonds is 14. The molecule has 0 aromatic carbocycles. The van der Waals surface area contributed by atoms with Gasteiger partial charge in [-0.3, -0.25) is 4.90 Å². The smallest absolute Gasteiger partial charge is 0.407 e. The fourth-order valence-electron chi connectivity index (χ4n) is 4.17. The number of amides is 2. The van der Waals surface area contributed by atoms with Crippen molar-refractivity contribution in [3.63, 3.8) is 0 Å². The van der Waals surface area contributed by atoms with E-state index in [1.54, 1.807) is 0 Å². The number of ether oxygens (including phenoxy) is 2. The monoisotopic (exact) mass is 440 g/mol. The van der Waals surface area contributed by atoms with Crippen LogP contribution in [0, 0.1) is 0 Å². The van der Waals surface area contributed by atoms with Crippen LogP contribution in [0.1, 0.15) is 70.6 Å². The van der Waals surface area contributed by atoms with E-state index in [9.17, 15) is 9.59 Å². The number of likely N-dealkylation sites (tertiary alicyclic amines) is 2. The van der Waals surface area contributed by atoms with Gasteiger partial charge in [-0.05, 0) is 71.1 Å². The Kier molecular flexibility index (Phi) is 14.2. The van der Waals surface area contributed by atoms with Crippen molar-refractivity contribution in [3.05, 3.63) is 0 Å². The summed E-state index contributed by atoms with van der Waals surface area (Å²) in [6, 6.07) is 0. The molecule has 0 aromatic heterocycles. The van der Waals surface area contributed by atoms with Gasteiger partial charge in [-0.2, -0.15) is 0 Å². The molecule has 0 aromatic rings. The molecule has 2 N–H and O–H groups in total. The van der Waals surface area contributed by atoms with Crippen LogP contribution in [-0.4, -0.2) is 87.6 Å². The van der Waals surface area contributed by atoms with Gasteiger partial charge in [0.25, 0.3) is 0 Å². The number of piperidine rings is 2. The number of unbranched alkanes of at least 4 members (excludes halogenated alkanes) is 3. The van der Waals surface area contributed by atoms with Gasteiger partial charge in [-0.25, -0.2) is 9.59 Å². The van der Waals surface area contributed by atoms with Crippen molar-refractivity contribution in [2.24, 2.45) is 0 Å². The lowest BCUT2D eigenvalue weighted by atomic mass is 10.1. The maximum atomic E-state index is 11.7. The van der Waals surface area contributed by atoms with Crippen LogP contribution < -0.4 is 10.6 Å². The number of nitrogens with one attached hydrogen (secondary N) is 2. The van der Waals surface area contributed by atoms with Crippen LogP contribution in [-0.2, 0) is 9.47 Å². The molecule has 0 radical (unpaired) electrons. The second kappa shape index (κ2) is 17.1. The second-order valence-electron chi connectivity index (χ2n) is 8.70. The highest BCUT2D eigenvalue weighted by molar-refractivity contribution is 5.67. The molecule has 8 nitrogen and oxygen atoms in total. The number of hydrogen-bond donors (Lipinski definition) is 2. The topological polar surface area (TPSA) is 83.1 Å². The summed E-state index contributed by atoms with van der Waals surface area (Å²) in [5.74, 6) is 0. The standard InChI is InChI=1S/C23H44N4O4/c28-22(30-20-11-18-26-14-7-3-8-15-26)24-12-5-1-2-6-13-25-23(29)31-21-19-27-16-9-4-10-17-27/h1-21H2,(H,24,28)(H,25,29). The first-order chi connectivity index (χ1) is 15.2. The van der Waals surface area contributed by atoms with Crippen LogP contribution in [0.5, 0.6) is 0 Å². The molecule has 0 spiro atoms. The highest BCUT2D eigenvalue weighted by Gasteiger charge is 2.11. The van der Waals surface area contributed by atoms with Crippen LogP contribution in [0.3, 0.4) is 0 Å². The van der Waals surface area contributed by atoms with Gasteiger partial charge < -0.3 is 25.0 Å². The quantitative estimate of drug-likeness (QED) is 0.403. The van der Waals surface area contributed by atoms with E-state index in [1.807, 2.05) is 0 Å². The summed E-state index contributed by atoms with van der Waals surface area (Å²) in [6.45, 7) is 8.68. The average molecular weight is 441 g/mol. The normalized spacial score (nSPS) is 17.8. The Morgan fingerprint density at radius 2 is 1.06 bits per heavy atom. The zero-order chi connectivity index (χ0) is 22.0. The van der Waals surface area contributed by atoms with Gasteiger partial charge in [0.2, 0.25) is 0 Å².